The summed E-state index contributed by atoms with van der Waals surface area (Å²) in [7, 11) is 0. The van der Waals surface area contributed by atoms with E-state index in [0.717, 1.165) is 17.5 Å². The second-order valence-corrected chi connectivity index (χ2v) is 3.12. The first-order valence-electron chi connectivity index (χ1n) is 2.83. The van der Waals surface area contributed by atoms with E-state index in [9.17, 15) is 0 Å². The molecule has 0 saturated carbocycles. The maximum Gasteiger partial charge on any atom is 0.0173 e. The summed E-state index contributed by atoms with van der Waals surface area (Å²) in [5.41, 5.74) is 2.79. The topological polar surface area (TPSA) is 12.0 Å². The molecule has 0 saturated heterocycles. The van der Waals surface area contributed by atoms with Crippen LogP contribution in [-0.2, 0) is 0 Å². The Balaban J connectivity index is 3.07. The molecule has 0 aromatic rings. The molecule has 3 heteroatoms. The Bertz CT molecular complexity index is 93.1. The van der Waals surface area contributed by atoms with Gasteiger partial charge < -0.3 is 5.32 Å². The largest absolute Gasteiger partial charge is 0.312 e. The molecule has 0 unspecified atom stereocenters. The number of rotatable bonds is 4. The molecule has 0 spiro atoms. The smallest absolute Gasteiger partial charge is 0.0173 e. The molecule has 0 rings (SSSR count). The molecule has 9 heavy (non-hydrogen) atoms. The molecule has 0 aliphatic heterocycles. The summed E-state index contributed by atoms with van der Waals surface area (Å²) < 4.78 is 1.15. The zero-order valence-corrected chi connectivity index (χ0v) is 8.37. The Morgan fingerprint density at radius 1 is 1.78 bits per heavy atom. The summed E-state index contributed by atoms with van der Waals surface area (Å²) in [5, 5.41) is 3.23. The van der Waals surface area contributed by atoms with Gasteiger partial charge in [0.25, 0.3) is 0 Å². The molecular weight excluding hydrogens is 248 g/mol. The van der Waals surface area contributed by atoms with E-state index in [1.54, 1.807) is 5.54 Å². The molecular formula is C6H11ClIN. The quantitative estimate of drug-likeness (QED) is 0.463. The van der Waals surface area contributed by atoms with Crippen molar-refractivity contribution in [3.8, 4) is 0 Å². The molecule has 1 nitrogen and oxygen atoms in total. The van der Waals surface area contributed by atoms with Crippen LogP contribution in [0.1, 0.15) is 6.92 Å². The summed E-state index contributed by atoms with van der Waals surface area (Å²) in [5.74, 6) is 0. The number of nitrogens with one attached hydrogen (secondary N) is 1. The predicted molar refractivity (Wildman–Crippen MR) is 51.4 cm³/mol. The minimum Gasteiger partial charge on any atom is -0.312 e. The average molecular weight is 260 g/mol. The highest BCUT2D eigenvalue weighted by atomic mass is 127. The molecule has 0 radical (unpaired) electrons. The second kappa shape index (κ2) is 6.83. The van der Waals surface area contributed by atoms with E-state index in [4.69, 9.17) is 11.6 Å². The summed E-state index contributed by atoms with van der Waals surface area (Å²) in [6.45, 7) is 3.97. The monoisotopic (exact) mass is 259 g/mol. The lowest BCUT2D eigenvalue weighted by atomic mass is 10.3. The van der Waals surface area contributed by atoms with Crippen LogP contribution in [-0.4, -0.2) is 17.5 Å². The van der Waals surface area contributed by atoms with E-state index in [2.05, 4.69) is 27.9 Å². The van der Waals surface area contributed by atoms with Gasteiger partial charge in [-0.1, -0.05) is 34.2 Å². The van der Waals surface area contributed by atoms with Crippen molar-refractivity contribution in [2.75, 3.05) is 17.5 Å². The Hall–Kier alpha value is 0.720. The molecule has 0 aromatic carbocycles. The zero-order valence-electron chi connectivity index (χ0n) is 5.45. The van der Waals surface area contributed by atoms with Gasteiger partial charge >= 0.3 is 0 Å². The maximum atomic E-state index is 5.43. The van der Waals surface area contributed by atoms with E-state index < -0.39 is 0 Å². The van der Waals surface area contributed by atoms with Crippen LogP contribution in [0.25, 0.3) is 0 Å². The number of hydrogen-bond acceptors (Lipinski definition) is 1. The Morgan fingerprint density at radius 3 is 2.89 bits per heavy atom. The highest BCUT2D eigenvalue weighted by molar-refractivity contribution is 14.1. The summed E-state index contributed by atoms with van der Waals surface area (Å²) >= 11 is 7.76. The Morgan fingerprint density at radius 2 is 2.44 bits per heavy atom. The zero-order chi connectivity index (χ0) is 7.11. The molecule has 0 fully saturated rings. The van der Waals surface area contributed by atoms with E-state index in [-0.39, 0.29) is 0 Å². The van der Waals surface area contributed by atoms with E-state index >= 15 is 0 Å². The second-order valence-electron chi connectivity index (χ2n) is 1.82. The Kier molecular flexibility index (Phi) is 7.38. The van der Waals surface area contributed by atoms with E-state index in [1.807, 2.05) is 6.92 Å². The van der Waals surface area contributed by atoms with Gasteiger partial charge in [0.2, 0.25) is 0 Å². The van der Waals surface area contributed by atoms with Crippen LogP contribution in [0.3, 0.4) is 0 Å². The van der Waals surface area contributed by atoms with Crippen LogP contribution in [0, 0.1) is 0 Å². The van der Waals surface area contributed by atoms with Crippen molar-refractivity contribution in [2.24, 2.45) is 0 Å². The van der Waals surface area contributed by atoms with Crippen LogP contribution < -0.4 is 5.32 Å². The molecule has 0 amide bonds. The first-order chi connectivity index (χ1) is 4.31. The third kappa shape index (κ3) is 6.61. The van der Waals surface area contributed by atoms with E-state index in [1.165, 1.54) is 5.57 Å². The molecule has 54 valence electrons. The van der Waals surface area contributed by atoms with Crippen LogP contribution in [0.4, 0.5) is 0 Å². The van der Waals surface area contributed by atoms with Crippen molar-refractivity contribution in [3.63, 3.8) is 0 Å². The van der Waals surface area contributed by atoms with Crippen molar-refractivity contribution in [1.82, 2.24) is 5.32 Å². The van der Waals surface area contributed by atoms with Crippen molar-refractivity contribution in [2.45, 2.75) is 6.92 Å². The van der Waals surface area contributed by atoms with Gasteiger partial charge in [0.05, 0.1) is 0 Å². The molecule has 1 N–H and O–H groups in total. The maximum absolute atomic E-state index is 5.43. The average Bonchev–Trinajstić information content (AvgIpc) is 1.89. The lowest BCUT2D eigenvalue weighted by Crippen LogP contribution is -2.17. The molecule has 0 aliphatic rings. The number of hydrogen-bond donors (Lipinski definition) is 1. The SMILES string of the molecule is CC(=CCl)CNCCI. The van der Waals surface area contributed by atoms with Gasteiger partial charge in [-0.05, 0) is 12.5 Å². The Labute approximate surface area is 75.0 Å². The lowest BCUT2D eigenvalue weighted by Gasteiger charge is -1.99. The summed E-state index contributed by atoms with van der Waals surface area (Å²) in [6, 6.07) is 0. The molecule has 0 aromatic heterocycles. The molecule has 0 aliphatic carbocycles. The molecule has 0 bridgehead atoms. The normalized spacial score (nSPS) is 12.1. The number of halogens is 2. The first-order valence-corrected chi connectivity index (χ1v) is 4.80. The lowest BCUT2D eigenvalue weighted by molar-refractivity contribution is 0.788. The fraction of sp³-hybridized carbons (Fsp3) is 0.667. The van der Waals surface area contributed by atoms with Crippen LogP contribution in [0.5, 0.6) is 0 Å². The van der Waals surface area contributed by atoms with Crippen molar-refractivity contribution >= 4 is 34.2 Å². The van der Waals surface area contributed by atoms with Gasteiger partial charge in [0.15, 0.2) is 0 Å². The number of alkyl halides is 1. The van der Waals surface area contributed by atoms with E-state index in [0.29, 0.717) is 0 Å². The van der Waals surface area contributed by atoms with Gasteiger partial charge in [-0.25, -0.2) is 0 Å². The van der Waals surface area contributed by atoms with Crippen LogP contribution in [0.2, 0.25) is 0 Å². The standard InChI is InChI=1S/C6H11ClIN/c1-6(4-7)5-9-3-2-8/h4,9H,2-3,5H2,1H3. The third-order valence-electron chi connectivity index (χ3n) is 0.861. The van der Waals surface area contributed by atoms with Crippen molar-refractivity contribution in [3.05, 3.63) is 11.1 Å². The third-order valence-corrected chi connectivity index (χ3v) is 1.77. The summed E-state index contributed by atoms with van der Waals surface area (Å²) in [6.07, 6.45) is 0. The molecule has 0 atom stereocenters. The van der Waals surface area contributed by atoms with Gasteiger partial charge in [0.1, 0.15) is 0 Å². The minimum atomic E-state index is 0.909. The fourth-order valence-corrected chi connectivity index (χ4v) is 0.849. The molecule has 0 heterocycles. The van der Waals surface area contributed by atoms with Crippen LogP contribution >= 0.6 is 34.2 Å². The summed E-state index contributed by atoms with van der Waals surface area (Å²) in [4.78, 5) is 0. The first kappa shape index (κ1) is 9.72. The minimum absolute atomic E-state index is 0.909. The van der Waals surface area contributed by atoms with Crippen molar-refractivity contribution < 1.29 is 0 Å². The van der Waals surface area contributed by atoms with Gasteiger partial charge in [-0.2, -0.15) is 0 Å². The van der Waals surface area contributed by atoms with Gasteiger partial charge in [-0.15, -0.1) is 0 Å². The van der Waals surface area contributed by atoms with Gasteiger partial charge in [-0.3, -0.25) is 0 Å². The fourth-order valence-electron chi connectivity index (χ4n) is 0.391. The van der Waals surface area contributed by atoms with Crippen LogP contribution in [0.15, 0.2) is 11.1 Å². The highest BCUT2D eigenvalue weighted by Gasteiger charge is 1.85. The van der Waals surface area contributed by atoms with Crippen molar-refractivity contribution in [1.29, 1.82) is 0 Å². The predicted octanol–water partition coefficient (Wildman–Crippen LogP) is 2.15. The van der Waals surface area contributed by atoms with Gasteiger partial charge in [0, 0.05) is 23.1 Å². The highest BCUT2D eigenvalue weighted by Crippen LogP contribution is 1.91.